The van der Waals surface area contributed by atoms with Gasteiger partial charge in [0.1, 0.15) is 5.54 Å². The number of carbonyl (C=O) groups is 3. The second-order valence-corrected chi connectivity index (χ2v) is 6.80. The number of urea groups is 1. The van der Waals surface area contributed by atoms with Crippen molar-refractivity contribution in [3.8, 4) is 0 Å². The highest BCUT2D eigenvalue weighted by Crippen LogP contribution is 2.39. The van der Waals surface area contributed by atoms with E-state index in [9.17, 15) is 14.4 Å². The number of hydrogen-bond acceptors (Lipinski definition) is 3. The van der Waals surface area contributed by atoms with Crippen LogP contribution < -0.4 is 0 Å². The van der Waals surface area contributed by atoms with E-state index in [-0.39, 0.29) is 24.3 Å². The van der Waals surface area contributed by atoms with Crippen LogP contribution in [0, 0.1) is 0 Å². The minimum Gasteiger partial charge on any atom is -0.313 e. The third-order valence-corrected chi connectivity index (χ3v) is 5.47. The lowest BCUT2D eigenvalue weighted by Crippen LogP contribution is -2.49. The summed E-state index contributed by atoms with van der Waals surface area (Å²) < 4.78 is 0. The first-order valence-corrected chi connectivity index (χ1v) is 8.71. The lowest BCUT2D eigenvalue weighted by atomic mass is 9.80. The maximum atomic E-state index is 12.9. The van der Waals surface area contributed by atoms with Gasteiger partial charge in [0.25, 0.3) is 5.91 Å². The molecule has 0 radical (unpaired) electrons. The predicted octanol–water partition coefficient (Wildman–Crippen LogP) is 3.03. The molecule has 1 spiro atoms. The highest BCUT2D eigenvalue weighted by atomic mass is 16.2. The minimum atomic E-state index is -0.721. The van der Waals surface area contributed by atoms with Crippen molar-refractivity contribution < 1.29 is 14.4 Å². The van der Waals surface area contributed by atoms with Crippen molar-refractivity contribution in [3.05, 3.63) is 35.4 Å². The molecule has 1 saturated carbocycles. The first-order valence-electron chi connectivity index (χ1n) is 8.71. The second-order valence-electron chi connectivity index (χ2n) is 6.80. The van der Waals surface area contributed by atoms with E-state index >= 15 is 0 Å². The van der Waals surface area contributed by atoms with Gasteiger partial charge in [0.15, 0.2) is 5.78 Å². The molecule has 1 aromatic carbocycles. The number of Topliss-reactive ketones (excluding diaryl/α,β-unsaturated/α-hetero) is 1. The Bertz CT molecular complexity index is 660. The van der Waals surface area contributed by atoms with Gasteiger partial charge in [-0.2, -0.15) is 0 Å². The quantitative estimate of drug-likeness (QED) is 0.630. The Kier molecular flexibility index (Phi) is 4.43. The molecule has 128 valence electrons. The number of ketones is 1. The summed E-state index contributed by atoms with van der Waals surface area (Å²) in [5, 5.41) is 0. The van der Waals surface area contributed by atoms with Gasteiger partial charge in [-0.1, -0.05) is 50.5 Å². The number of carbonyl (C=O) groups excluding carboxylic acids is 3. The molecule has 5 nitrogen and oxygen atoms in total. The maximum absolute atomic E-state index is 12.9. The van der Waals surface area contributed by atoms with Gasteiger partial charge < -0.3 is 4.90 Å². The molecule has 5 heteroatoms. The number of hydrogen-bond donors (Lipinski definition) is 0. The van der Waals surface area contributed by atoms with Crippen LogP contribution in [0.25, 0.3) is 0 Å². The Morgan fingerprint density at radius 3 is 2.29 bits per heavy atom. The molecule has 0 aromatic heterocycles. The number of nitrogens with zero attached hydrogens (tertiary/aromatic N) is 2. The molecule has 2 aliphatic rings. The third-order valence-electron chi connectivity index (χ3n) is 5.47. The summed E-state index contributed by atoms with van der Waals surface area (Å²) in [4.78, 5) is 40.6. The highest BCUT2D eigenvalue weighted by molar-refractivity contribution is 6.11. The third kappa shape index (κ3) is 2.62. The molecule has 0 unspecified atom stereocenters. The van der Waals surface area contributed by atoms with Crippen molar-refractivity contribution in [1.29, 1.82) is 0 Å². The first kappa shape index (κ1) is 16.7. The Balaban J connectivity index is 1.77. The summed E-state index contributed by atoms with van der Waals surface area (Å²) >= 11 is 0. The molecule has 1 aliphatic heterocycles. The van der Waals surface area contributed by atoms with Crippen molar-refractivity contribution in [2.24, 2.45) is 0 Å². The molecule has 0 N–H and O–H groups in total. The van der Waals surface area contributed by atoms with Gasteiger partial charge in [-0.25, -0.2) is 4.79 Å². The summed E-state index contributed by atoms with van der Waals surface area (Å²) in [6.45, 7) is 1.88. The van der Waals surface area contributed by atoms with E-state index in [0.29, 0.717) is 18.4 Å². The van der Waals surface area contributed by atoms with Crippen LogP contribution in [0.15, 0.2) is 24.3 Å². The largest absolute Gasteiger partial charge is 0.327 e. The van der Waals surface area contributed by atoms with Crippen molar-refractivity contribution in [2.45, 2.75) is 51.0 Å². The van der Waals surface area contributed by atoms with Gasteiger partial charge >= 0.3 is 6.03 Å². The van der Waals surface area contributed by atoms with Gasteiger partial charge in [-0.15, -0.1) is 0 Å². The molecular formula is C19H24N2O3. The highest BCUT2D eigenvalue weighted by Gasteiger charge is 2.55. The Morgan fingerprint density at radius 1 is 1.08 bits per heavy atom. The van der Waals surface area contributed by atoms with Gasteiger partial charge in [0.2, 0.25) is 0 Å². The number of likely N-dealkylation sites (N-methyl/N-ethyl adjacent to an activating group) is 1. The van der Waals surface area contributed by atoms with E-state index in [1.807, 2.05) is 12.1 Å². The number of amides is 3. The zero-order chi connectivity index (χ0) is 17.3. The summed E-state index contributed by atoms with van der Waals surface area (Å²) in [6, 6.07) is 7.02. The van der Waals surface area contributed by atoms with E-state index in [1.165, 1.54) is 0 Å². The van der Waals surface area contributed by atoms with Gasteiger partial charge in [-0.3, -0.25) is 14.5 Å². The van der Waals surface area contributed by atoms with Crippen LogP contribution in [-0.4, -0.2) is 46.7 Å². The average molecular weight is 328 g/mol. The SMILES string of the molecule is CCc1ccc(C(=O)CN2C(=O)N(C)C3(CCCCC3)C2=O)cc1. The van der Waals surface area contributed by atoms with Crippen LogP contribution in [0.1, 0.15) is 54.9 Å². The Hall–Kier alpha value is -2.17. The average Bonchev–Trinajstić information content (AvgIpc) is 2.79. The van der Waals surface area contributed by atoms with Crippen LogP contribution in [0.3, 0.4) is 0 Å². The molecule has 1 saturated heterocycles. The maximum Gasteiger partial charge on any atom is 0.327 e. The van der Waals surface area contributed by atoms with E-state index in [4.69, 9.17) is 0 Å². The van der Waals surface area contributed by atoms with Crippen LogP contribution in [0.4, 0.5) is 4.79 Å². The molecule has 3 rings (SSSR count). The molecule has 3 amide bonds. The molecule has 1 aliphatic carbocycles. The fourth-order valence-corrected chi connectivity index (χ4v) is 3.83. The molecule has 0 bridgehead atoms. The Labute approximate surface area is 142 Å². The van der Waals surface area contributed by atoms with Crippen molar-refractivity contribution in [3.63, 3.8) is 0 Å². The number of aryl methyl sites for hydroxylation is 1. The summed E-state index contributed by atoms with van der Waals surface area (Å²) in [5.74, 6) is -0.395. The van der Waals surface area contributed by atoms with E-state index in [1.54, 1.807) is 24.1 Å². The van der Waals surface area contributed by atoms with Crippen molar-refractivity contribution in [2.75, 3.05) is 13.6 Å². The van der Waals surface area contributed by atoms with Gasteiger partial charge in [0, 0.05) is 12.6 Å². The fourth-order valence-electron chi connectivity index (χ4n) is 3.83. The fraction of sp³-hybridized carbons (Fsp3) is 0.526. The number of rotatable bonds is 4. The van der Waals surface area contributed by atoms with Crippen molar-refractivity contribution >= 4 is 17.7 Å². The van der Waals surface area contributed by atoms with E-state index in [2.05, 4.69) is 6.92 Å². The summed E-state index contributed by atoms with van der Waals surface area (Å²) in [6.07, 6.45) is 5.30. The lowest BCUT2D eigenvalue weighted by Gasteiger charge is -2.35. The number of imide groups is 1. The standard InChI is InChI=1S/C19H24N2O3/c1-3-14-7-9-15(10-8-14)16(22)13-21-17(23)19(20(2)18(21)24)11-5-4-6-12-19/h7-10H,3-6,11-13H2,1-2H3. The Morgan fingerprint density at radius 2 is 1.71 bits per heavy atom. The zero-order valence-corrected chi connectivity index (χ0v) is 14.4. The van der Waals surface area contributed by atoms with Crippen LogP contribution in [0.2, 0.25) is 0 Å². The molecule has 1 aromatic rings. The van der Waals surface area contributed by atoms with Crippen molar-refractivity contribution in [1.82, 2.24) is 9.80 Å². The monoisotopic (exact) mass is 328 g/mol. The van der Waals surface area contributed by atoms with Crippen LogP contribution in [0.5, 0.6) is 0 Å². The van der Waals surface area contributed by atoms with Crippen LogP contribution >= 0.6 is 0 Å². The topological polar surface area (TPSA) is 57.7 Å². The molecular weight excluding hydrogens is 304 g/mol. The summed E-state index contributed by atoms with van der Waals surface area (Å²) in [5.41, 5.74) is 0.975. The summed E-state index contributed by atoms with van der Waals surface area (Å²) in [7, 11) is 1.69. The lowest BCUT2D eigenvalue weighted by molar-refractivity contribution is -0.134. The number of benzene rings is 1. The second kappa shape index (κ2) is 6.38. The molecule has 1 heterocycles. The molecule has 24 heavy (non-hydrogen) atoms. The smallest absolute Gasteiger partial charge is 0.313 e. The van der Waals surface area contributed by atoms with E-state index < -0.39 is 5.54 Å². The predicted molar refractivity (Wildman–Crippen MR) is 90.8 cm³/mol. The van der Waals surface area contributed by atoms with Gasteiger partial charge in [-0.05, 0) is 24.8 Å². The molecule has 0 atom stereocenters. The first-order chi connectivity index (χ1) is 11.5. The minimum absolute atomic E-state index is 0.171. The van der Waals surface area contributed by atoms with E-state index in [0.717, 1.165) is 36.1 Å². The normalized spacial score (nSPS) is 20.1. The van der Waals surface area contributed by atoms with Gasteiger partial charge in [0.05, 0.1) is 6.54 Å². The van der Waals surface area contributed by atoms with Crippen LogP contribution in [-0.2, 0) is 11.2 Å². The molecule has 2 fully saturated rings. The zero-order valence-electron chi connectivity index (χ0n) is 14.4.